The molecule has 3 N–H and O–H groups in total. The number of benzene rings is 1. The average molecular weight is 236 g/mol. The maximum Gasteiger partial charge on any atom is 0.146 e. The predicted octanol–water partition coefficient (Wildman–Crippen LogP) is 3.08. The lowest BCUT2D eigenvalue weighted by Crippen LogP contribution is -2.39. The maximum absolute atomic E-state index is 13.2. The molecule has 17 heavy (non-hydrogen) atoms. The van der Waals surface area contributed by atoms with Crippen LogP contribution < -0.4 is 11.1 Å². The maximum atomic E-state index is 13.2. The average Bonchev–Trinajstić information content (AvgIpc) is 2.27. The quantitative estimate of drug-likeness (QED) is 0.771. The summed E-state index contributed by atoms with van der Waals surface area (Å²) in [6.07, 6.45) is 5.24. The van der Waals surface area contributed by atoms with Gasteiger partial charge in [-0.3, -0.25) is 0 Å². The van der Waals surface area contributed by atoms with Crippen LogP contribution in [0, 0.1) is 11.2 Å². The zero-order valence-corrected chi connectivity index (χ0v) is 10.4. The minimum Gasteiger partial charge on any atom is -0.396 e. The molecule has 0 saturated heterocycles. The third-order valence-corrected chi connectivity index (χ3v) is 4.06. The van der Waals surface area contributed by atoms with Crippen molar-refractivity contribution in [3.63, 3.8) is 0 Å². The van der Waals surface area contributed by atoms with Crippen LogP contribution in [-0.2, 0) is 6.54 Å². The van der Waals surface area contributed by atoms with Gasteiger partial charge in [0.1, 0.15) is 5.82 Å². The van der Waals surface area contributed by atoms with Gasteiger partial charge < -0.3 is 11.1 Å². The van der Waals surface area contributed by atoms with E-state index in [2.05, 4.69) is 12.2 Å². The molecule has 1 fully saturated rings. The first kappa shape index (κ1) is 12.4. The van der Waals surface area contributed by atoms with Gasteiger partial charge >= 0.3 is 0 Å². The van der Waals surface area contributed by atoms with Gasteiger partial charge in [0.2, 0.25) is 0 Å². The van der Waals surface area contributed by atoms with Gasteiger partial charge in [-0.25, -0.2) is 4.39 Å². The lowest BCUT2D eigenvalue weighted by molar-refractivity contribution is 0.124. The Balaban J connectivity index is 1.83. The summed E-state index contributed by atoms with van der Waals surface area (Å²) in [6.45, 7) is 4.01. The van der Waals surface area contributed by atoms with E-state index in [0.29, 0.717) is 5.41 Å². The van der Waals surface area contributed by atoms with Crippen molar-refractivity contribution in [1.29, 1.82) is 0 Å². The van der Waals surface area contributed by atoms with Crippen molar-refractivity contribution in [2.24, 2.45) is 5.41 Å². The highest BCUT2D eigenvalue weighted by Gasteiger charge is 2.34. The molecule has 1 saturated carbocycles. The number of anilines is 1. The number of hydrogen-bond acceptors (Lipinski definition) is 2. The van der Waals surface area contributed by atoms with Crippen LogP contribution in [0.25, 0.3) is 0 Å². The van der Waals surface area contributed by atoms with E-state index in [1.807, 2.05) is 6.07 Å². The van der Waals surface area contributed by atoms with Gasteiger partial charge in [0.05, 0.1) is 5.69 Å². The zero-order chi connectivity index (χ0) is 12.3. The molecular formula is C14H21FN2. The van der Waals surface area contributed by atoms with Gasteiger partial charge in [-0.1, -0.05) is 19.4 Å². The molecular weight excluding hydrogens is 215 g/mol. The molecule has 0 aromatic heterocycles. The highest BCUT2D eigenvalue weighted by Crippen LogP contribution is 2.43. The van der Waals surface area contributed by atoms with Crippen LogP contribution in [-0.4, -0.2) is 6.54 Å². The highest BCUT2D eigenvalue weighted by molar-refractivity contribution is 5.41. The van der Waals surface area contributed by atoms with E-state index < -0.39 is 0 Å². The second-order valence-corrected chi connectivity index (χ2v) is 5.17. The minimum atomic E-state index is -0.321. The standard InChI is InChI=1S/C14H21FN2/c1-2-14(6-3-7-14)10-17-9-11-4-5-13(16)12(15)8-11/h4-5,8,17H,2-3,6-7,9-10,16H2,1H3. The van der Waals surface area contributed by atoms with E-state index in [-0.39, 0.29) is 11.5 Å². The van der Waals surface area contributed by atoms with Crippen molar-refractivity contribution >= 4 is 5.69 Å². The Kier molecular flexibility index (Phi) is 3.67. The number of nitrogens with one attached hydrogen (secondary N) is 1. The van der Waals surface area contributed by atoms with Crippen molar-refractivity contribution < 1.29 is 4.39 Å². The Labute approximate surface area is 102 Å². The molecule has 1 aliphatic carbocycles. The van der Waals surface area contributed by atoms with Gasteiger partial charge in [0.15, 0.2) is 0 Å². The summed E-state index contributed by atoms with van der Waals surface area (Å²) in [6, 6.07) is 5.03. The predicted molar refractivity (Wildman–Crippen MR) is 69.1 cm³/mol. The van der Waals surface area contributed by atoms with E-state index in [0.717, 1.165) is 18.7 Å². The Bertz CT molecular complexity index is 380. The van der Waals surface area contributed by atoms with Crippen molar-refractivity contribution in [3.8, 4) is 0 Å². The van der Waals surface area contributed by atoms with Crippen LogP contribution in [0.3, 0.4) is 0 Å². The fourth-order valence-corrected chi connectivity index (χ4v) is 2.48. The molecule has 0 unspecified atom stereocenters. The Morgan fingerprint density at radius 2 is 2.18 bits per heavy atom. The summed E-state index contributed by atoms with van der Waals surface area (Å²) in [5, 5.41) is 3.43. The fourth-order valence-electron chi connectivity index (χ4n) is 2.48. The molecule has 0 amide bonds. The molecule has 1 aromatic carbocycles. The first-order chi connectivity index (χ1) is 8.15. The number of nitrogen functional groups attached to an aromatic ring is 1. The summed E-state index contributed by atoms with van der Waals surface area (Å²) < 4.78 is 13.2. The summed E-state index contributed by atoms with van der Waals surface area (Å²) in [7, 11) is 0. The van der Waals surface area contributed by atoms with E-state index in [9.17, 15) is 4.39 Å². The molecule has 3 heteroatoms. The third kappa shape index (κ3) is 2.78. The monoisotopic (exact) mass is 236 g/mol. The van der Waals surface area contributed by atoms with Gasteiger partial charge in [0, 0.05) is 13.1 Å². The Morgan fingerprint density at radius 3 is 2.71 bits per heavy atom. The van der Waals surface area contributed by atoms with Crippen molar-refractivity contribution in [2.45, 2.75) is 39.2 Å². The normalized spacial score (nSPS) is 17.8. The molecule has 1 aromatic rings. The lowest BCUT2D eigenvalue weighted by atomic mass is 9.67. The Morgan fingerprint density at radius 1 is 1.41 bits per heavy atom. The SMILES string of the molecule is CCC1(CNCc2ccc(N)c(F)c2)CCC1. The molecule has 0 atom stereocenters. The van der Waals surface area contributed by atoms with Crippen LogP contribution in [0.1, 0.15) is 38.2 Å². The summed E-state index contributed by atoms with van der Waals surface area (Å²) in [4.78, 5) is 0. The van der Waals surface area contributed by atoms with E-state index in [4.69, 9.17) is 5.73 Å². The smallest absolute Gasteiger partial charge is 0.146 e. The van der Waals surface area contributed by atoms with E-state index in [1.54, 1.807) is 6.07 Å². The first-order valence-electron chi connectivity index (χ1n) is 6.40. The number of halogens is 1. The topological polar surface area (TPSA) is 38.0 Å². The number of hydrogen-bond donors (Lipinski definition) is 2. The van der Waals surface area contributed by atoms with Crippen LogP contribution in [0.5, 0.6) is 0 Å². The van der Waals surface area contributed by atoms with Gasteiger partial charge in [-0.05, 0) is 42.4 Å². The Hall–Kier alpha value is -1.09. The van der Waals surface area contributed by atoms with Gasteiger partial charge in [-0.2, -0.15) is 0 Å². The molecule has 0 aliphatic heterocycles. The molecule has 0 heterocycles. The minimum absolute atomic E-state index is 0.220. The highest BCUT2D eigenvalue weighted by atomic mass is 19.1. The van der Waals surface area contributed by atoms with Crippen LogP contribution in [0.2, 0.25) is 0 Å². The molecule has 0 spiro atoms. The molecule has 0 bridgehead atoms. The van der Waals surface area contributed by atoms with Gasteiger partial charge in [-0.15, -0.1) is 0 Å². The molecule has 2 rings (SSSR count). The lowest BCUT2D eigenvalue weighted by Gasteiger charge is -2.41. The number of rotatable bonds is 5. The fraction of sp³-hybridized carbons (Fsp3) is 0.571. The first-order valence-corrected chi connectivity index (χ1v) is 6.40. The molecule has 0 radical (unpaired) electrons. The van der Waals surface area contributed by atoms with Crippen molar-refractivity contribution in [3.05, 3.63) is 29.6 Å². The van der Waals surface area contributed by atoms with Crippen LogP contribution in [0.4, 0.5) is 10.1 Å². The summed E-state index contributed by atoms with van der Waals surface area (Å²) in [5.74, 6) is -0.321. The summed E-state index contributed by atoms with van der Waals surface area (Å²) in [5.41, 5.74) is 7.13. The van der Waals surface area contributed by atoms with E-state index in [1.165, 1.54) is 31.7 Å². The summed E-state index contributed by atoms with van der Waals surface area (Å²) >= 11 is 0. The second-order valence-electron chi connectivity index (χ2n) is 5.17. The van der Waals surface area contributed by atoms with Crippen molar-refractivity contribution in [1.82, 2.24) is 5.32 Å². The van der Waals surface area contributed by atoms with E-state index >= 15 is 0 Å². The second kappa shape index (κ2) is 5.05. The van der Waals surface area contributed by atoms with Crippen molar-refractivity contribution in [2.75, 3.05) is 12.3 Å². The molecule has 1 aliphatic rings. The molecule has 94 valence electrons. The van der Waals surface area contributed by atoms with Crippen LogP contribution >= 0.6 is 0 Å². The number of nitrogens with two attached hydrogens (primary N) is 1. The van der Waals surface area contributed by atoms with Gasteiger partial charge in [0.25, 0.3) is 0 Å². The van der Waals surface area contributed by atoms with Crippen LogP contribution in [0.15, 0.2) is 18.2 Å². The largest absolute Gasteiger partial charge is 0.396 e. The third-order valence-electron chi connectivity index (χ3n) is 4.06. The zero-order valence-electron chi connectivity index (χ0n) is 10.4. The molecule has 2 nitrogen and oxygen atoms in total.